The summed E-state index contributed by atoms with van der Waals surface area (Å²) in [4.78, 5) is 15.4. The van der Waals surface area contributed by atoms with Gasteiger partial charge in [-0.1, -0.05) is 0 Å². The monoisotopic (exact) mass is 200 g/mol. The Labute approximate surface area is 85.5 Å². The van der Waals surface area contributed by atoms with Gasteiger partial charge in [0.25, 0.3) is 0 Å². The van der Waals surface area contributed by atoms with Crippen LogP contribution in [0.4, 0.5) is 0 Å². The maximum absolute atomic E-state index is 11.6. The Hall–Kier alpha value is -0.610. The number of hydrogen-bond acceptors (Lipinski definition) is 3. The Morgan fingerprint density at radius 3 is 2.86 bits per heavy atom. The second kappa shape index (κ2) is 5.32. The zero-order chi connectivity index (χ0) is 10.6. The molecule has 1 heterocycles. The van der Waals surface area contributed by atoms with Crippen LogP contribution in [0.2, 0.25) is 0 Å². The molecule has 0 aromatic carbocycles. The summed E-state index contributed by atoms with van der Waals surface area (Å²) in [5, 5.41) is 9.40. The number of nitrogens with zero attached hydrogens (tertiary/aromatic N) is 2. The van der Waals surface area contributed by atoms with Crippen molar-refractivity contribution < 1.29 is 9.90 Å². The second-order valence-corrected chi connectivity index (χ2v) is 4.19. The lowest BCUT2D eigenvalue weighted by Gasteiger charge is -2.30. The summed E-state index contributed by atoms with van der Waals surface area (Å²) in [7, 11) is 3.91. The van der Waals surface area contributed by atoms with E-state index in [0.717, 1.165) is 25.9 Å². The third kappa shape index (κ3) is 3.64. The van der Waals surface area contributed by atoms with Gasteiger partial charge in [-0.25, -0.2) is 0 Å². The molecule has 0 saturated carbocycles. The van der Waals surface area contributed by atoms with Crippen molar-refractivity contribution >= 4 is 5.91 Å². The van der Waals surface area contributed by atoms with Crippen LogP contribution < -0.4 is 0 Å². The third-order valence-electron chi connectivity index (χ3n) is 2.52. The van der Waals surface area contributed by atoms with Gasteiger partial charge in [-0.3, -0.25) is 4.79 Å². The van der Waals surface area contributed by atoms with E-state index in [0.29, 0.717) is 13.0 Å². The molecule has 4 heteroatoms. The van der Waals surface area contributed by atoms with Crippen molar-refractivity contribution in [2.45, 2.75) is 25.4 Å². The molecule has 14 heavy (non-hydrogen) atoms. The van der Waals surface area contributed by atoms with Gasteiger partial charge in [0.2, 0.25) is 5.91 Å². The van der Waals surface area contributed by atoms with Crippen LogP contribution in [0.5, 0.6) is 0 Å². The number of hydrogen-bond donors (Lipinski definition) is 1. The van der Waals surface area contributed by atoms with Gasteiger partial charge in [-0.2, -0.15) is 0 Å². The first-order valence-electron chi connectivity index (χ1n) is 5.20. The molecule has 1 aliphatic heterocycles. The van der Waals surface area contributed by atoms with E-state index in [1.165, 1.54) is 0 Å². The summed E-state index contributed by atoms with van der Waals surface area (Å²) >= 11 is 0. The summed E-state index contributed by atoms with van der Waals surface area (Å²) in [6.07, 6.45) is 2.00. The van der Waals surface area contributed by atoms with Gasteiger partial charge in [-0.15, -0.1) is 0 Å². The topological polar surface area (TPSA) is 43.8 Å². The first kappa shape index (κ1) is 11.5. The van der Waals surface area contributed by atoms with Crippen molar-refractivity contribution in [3.63, 3.8) is 0 Å². The average molecular weight is 200 g/mol. The van der Waals surface area contributed by atoms with Gasteiger partial charge < -0.3 is 14.9 Å². The van der Waals surface area contributed by atoms with Crippen LogP contribution in [0.15, 0.2) is 0 Å². The summed E-state index contributed by atoms with van der Waals surface area (Å²) in [6, 6.07) is 0. The van der Waals surface area contributed by atoms with Crippen LogP contribution in [0.3, 0.4) is 0 Å². The smallest absolute Gasteiger partial charge is 0.223 e. The van der Waals surface area contributed by atoms with Gasteiger partial charge in [-0.05, 0) is 26.9 Å². The van der Waals surface area contributed by atoms with Crippen LogP contribution >= 0.6 is 0 Å². The summed E-state index contributed by atoms with van der Waals surface area (Å²) in [5.74, 6) is 0.164. The minimum atomic E-state index is -0.313. The molecule has 1 amide bonds. The lowest BCUT2D eigenvalue weighted by Crippen LogP contribution is -2.42. The molecule has 82 valence electrons. The molecule has 1 N–H and O–H groups in total. The van der Waals surface area contributed by atoms with E-state index in [1.54, 1.807) is 4.90 Å². The van der Waals surface area contributed by atoms with Gasteiger partial charge in [0.05, 0.1) is 6.10 Å². The number of rotatable bonds is 3. The highest BCUT2D eigenvalue weighted by molar-refractivity contribution is 5.76. The number of aliphatic hydroxyl groups excluding tert-OH is 1. The molecule has 0 aromatic rings. The molecule has 1 aliphatic rings. The lowest BCUT2D eigenvalue weighted by atomic mass is 10.1. The Bertz CT molecular complexity index is 195. The molecule has 0 bridgehead atoms. The number of β-amino-alcohol motifs (C(OH)–C–C–N with tert-alkyl or cyclic N) is 1. The molecule has 1 rings (SSSR count). The minimum absolute atomic E-state index is 0.164. The van der Waals surface area contributed by atoms with Crippen LogP contribution in [0, 0.1) is 0 Å². The maximum atomic E-state index is 11.6. The molecule has 0 radical (unpaired) electrons. The largest absolute Gasteiger partial charge is 0.391 e. The Balaban J connectivity index is 2.29. The van der Waals surface area contributed by atoms with E-state index in [9.17, 15) is 9.90 Å². The summed E-state index contributed by atoms with van der Waals surface area (Å²) in [6.45, 7) is 2.11. The first-order valence-corrected chi connectivity index (χ1v) is 5.20. The van der Waals surface area contributed by atoms with E-state index in [4.69, 9.17) is 0 Å². The van der Waals surface area contributed by atoms with Crippen LogP contribution in [0.25, 0.3) is 0 Å². The minimum Gasteiger partial charge on any atom is -0.391 e. The normalized spacial score (nSPS) is 22.9. The Kier molecular flexibility index (Phi) is 4.35. The fraction of sp³-hybridized carbons (Fsp3) is 0.900. The first-order chi connectivity index (χ1) is 6.59. The molecule has 0 aromatic heterocycles. The average Bonchev–Trinajstić information content (AvgIpc) is 2.14. The van der Waals surface area contributed by atoms with E-state index >= 15 is 0 Å². The molecule has 1 atom stereocenters. The number of carbonyl (C=O) groups excluding carboxylic acids is 1. The summed E-state index contributed by atoms with van der Waals surface area (Å²) < 4.78 is 0. The Morgan fingerprint density at radius 2 is 2.29 bits per heavy atom. The van der Waals surface area contributed by atoms with Gasteiger partial charge in [0, 0.05) is 26.1 Å². The van der Waals surface area contributed by atoms with Gasteiger partial charge in [0.1, 0.15) is 0 Å². The number of piperidine rings is 1. The highest BCUT2D eigenvalue weighted by Crippen LogP contribution is 2.10. The summed E-state index contributed by atoms with van der Waals surface area (Å²) in [5.41, 5.74) is 0. The van der Waals surface area contributed by atoms with E-state index in [-0.39, 0.29) is 12.0 Å². The van der Waals surface area contributed by atoms with Crippen LogP contribution in [-0.2, 0) is 4.79 Å². The molecular weight excluding hydrogens is 180 g/mol. The fourth-order valence-corrected chi connectivity index (χ4v) is 1.66. The molecule has 1 fully saturated rings. The van der Waals surface area contributed by atoms with E-state index < -0.39 is 0 Å². The van der Waals surface area contributed by atoms with Gasteiger partial charge >= 0.3 is 0 Å². The number of carbonyl (C=O) groups is 1. The molecule has 1 unspecified atom stereocenters. The Morgan fingerprint density at radius 1 is 1.57 bits per heavy atom. The van der Waals surface area contributed by atoms with Crippen molar-refractivity contribution in [1.82, 2.24) is 9.80 Å². The van der Waals surface area contributed by atoms with Crippen LogP contribution in [0.1, 0.15) is 19.3 Å². The van der Waals surface area contributed by atoms with Crippen molar-refractivity contribution in [1.29, 1.82) is 0 Å². The predicted octanol–water partition coefficient (Wildman–Crippen LogP) is -0.0786. The molecule has 0 spiro atoms. The molecule has 0 aliphatic carbocycles. The van der Waals surface area contributed by atoms with Crippen molar-refractivity contribution in [2.24, 2.45) is 0 Å². The predicted molar refractivity (Wildman–Crippen MR) is 55.0 cm³/mol. The van der Waals surface area contributed by atoms with Crippen LogP contribution in [-0.4, -0.2) is 60.6 Å². The maximum Gasteiger partial charge on any atom is 0.223 e. The number of likely N-dealkylation sites (tertiary alicyclic amines) is 1. The zero-order valence-corrected chi connectivity index (χ0v) is 9.07. The van der Waals surface area contributed by atoms with Gasteiger partial charge in [0.15, 0.2) is 0 Å². The van der Waals surface area contributed by atoms with Crippen molar-refractivity contribution in [2.75, 3.05) is 33.7 Å². The van der Waals surface area contributed by atoms with E-state index in [1.807, 2.05) is 19.0 Å². The quantitative estimate of drug-likeness (QED) is 0.693. The second-order valence-electron chi connectivity index (χ2n) is 4.19. The molecule has 1 saturated heterocycles. The SMILES string of the molecule is CN(C)CCC(=O)N1CCCC(O)C1. The molecular formula is C10H20N2O2. The number of amides is 1. The highest BCUT2D eigenvalue weighted by atomic mass is 16.3. The van der Waals surface area contributed by atoms with E-state index in [2.05, 4.69) is 0 Å². The van der Waals surface area contributed by atoms with Crippen molar-refractivity contribution in [3.8, 4) is 0 Å². The lowest BCUT2D eigenvalue weighted by molar-refractivity contribution is -0.134. The fourth-order valence-electron chi connectivity index (χ4n) is 1.66. The standard InChI is InChI=1S/C10H20N2O2/c1-11(2)7-5-10(14)12-6-3-4-9(13)8-12/h9,13H,3-8H2,1-2H3. The van der Waals surface area contributed by atoms with Crippen molar-refractivity contribution in [3.05, 3.63) is 0 Å². The highest BCUT2D eigenvalue weighted by Gasteiger charge is 2.21. The molecule has 4 nitrogen and oxygen atoms in total. The third-order valence-corrected chi connectivity index (χ3v) is 2.52. The number of aliphatic hydroxyl groups is 1. The zero-order valence-electron chi connectivity index (χ0n) is 9.07.